The van der Waals surface area contributed by atoms with Crippen LogP contribution in [0.1, 0.15) is 30.9 Å². The summed E-state index contributed by atoms with van der Waals surface area (Å²) in [6, 6.07) is 9.08. The van der Waals surface area contributed by atoms with Gasteiger partial charge >= 0.3 is 0 Å². The van der Waals surface area contributed by atoms with Gasteiger partial charge in [0.1, 0.15) is 0 Å². The van der Waals surface area contributed by atoms with E-state index in [1.807, 2.05) is 0 Å². The molecule has 22 heavy (non-hydrogen) atoms. The smallest absolute Gasteiger partial charge is 0.237 e. The Morgan fingerprint density at radius 3 is 2.91 bits per heavy atom. The Labute approximate surface area is 139 Å². The molecule has 1 fully saturated rings. The molecule has 0 aromatic heterocycles. The number of rotatable bonds is 4. The van der Waals surface area contributed by atoms with Crippen molar-refractivity contribution in [1.82, 2.24) is 15.5 Å². The highest BCUT2D eigenvalue weighted by Gasteiger charge is 2.24. The van der Waals surface area contributed by atoms with E-state index in [0.29, 0.717) is 6.04 Å². The van der Waals surface area contributed by atoms with Crippen molar-refractivity contribution in [2.45, 2.75) is 44.8 Å². The minimum absolute atomic E-state index is 0. The van der Waals surface area contributed by atoms with Gasteiger partial charge in [-0.1, -0.05) is 24.3 Å². The van der Waals surface area contributed by atoms with Crippen LogP contribution in [-0.2, 0) is 17.8 Å². The average Bonchev–Trinajstić information content (AvgIpc) is 3.06. The molecule has 1 aromatic rings. The molecule has 0 bridgehead atoms. The van der Waals surface area contributed by atoms with E-state index in [4.69, 9.17) is 0 Å². The van der Waals surface area contributed by atoms with Crippen LogP contribution in [0.4, 0.5) is 0 Å². The van der Waals surface area contributed by atoms with Crippen molar-refractivity contribution in [3.8, 4) is 0 Å². The van der Waals surface area contributed by atoms with E-state index in [1.165, 1.54) is 11.1 Å². The quantitative estimate of drug-likeness (QED) is 0.887. The summed E-state index contributed by atoms with van der Waals surface area (Å²) in [6.07, 6.45) is 3.19. The molecule has 2 heterocycles. The van der Waals surface area contributed by atoms with Gasteiger partial charge < -0.3 is 10.6 Å². The van der Waals surface area contributed by atoms with Gasteiger partial charge in [-0.15, -0.1) is 12.4 Å². The summed E-state index contributed by atoms with van der Waals surface area (Å²) in [5.41, 5.74) is 2.90. The first-order chi connectivity index (χ1) is 10.2. The molecular weight excluding hydrogens is 298 g/mol. The van der Waals surface area contributed by atoms with Crippen LogP contribution >= 0.6 is 12.4 Å². The van der Waals surface area contributed by atoms with E-state index < -0.39 is 0 Å². The third-order valence-electron chi connectivity index (χ3n) is 4.73. The Morgan fingerprint density at radius 1 is 1.41 bits per heavy atom. The second-order valence-electron chi connectivity index (χ2n) is 6.23. The molecule has 0 radical (unpaired) electrons. The number of nitrogens with one attached hydrogen (secondary N) is 2. The number of hydrogen-bond donors (Lipinski definition) is 2. The van der Waals surface area contributed by atoms with Crippen LogP contribution in [0.15, 0.2) is 24.3 Å². The van der Waals surface area contributed by atoms with Gasteiger partial charge in [-0.05, 0) is 43.9 Å². The summed E-state index contributed by atoms with van der Waals surface area (Å²) in [5.74, 6) is 0.164. The molecule has 1 aromatic carbocycles. The predicted octanol–water partition coefficient (Wildman–Crippen LogP) is 1.72. The lowest BCUT2D eigenvalue weighted by molar-refractivity contribution is -0.123. The molecule has 2 unspecified atom stereocenters. The summed E-state index contributed by atoms with van der Waals surface area (Å²) in [5, 5.41) is 6.35. The molecule has 2 aliphatic rings. The zero-order valence-electron chi connectivity index (χ0n) is 13.2. The lowest BCUT2D eigenvalue weighted by Crippen LogP contribution is -2.48. The zero-order valence-corrected chi connectivity index (χ0v) is 14.0. The van der Waals surface area contributed by atoms with Crippen LogP contribution in [0.2, 0.25) is 0 Å². The summed E-state index contributed by atoms with van der Waals surface area (Å²) >= 11 is 0. The topological polar surface area (TPSA) is 44.4 Å². The third kappa shape index (κ3) is 4.00. The summed E-state index contributed by atoms with van der Waals surface area (Å²) in [6.45, 7) is 5.98. The summed E-state index contributed by atoms with van der Waals surface area (Å²) in [7, 11) is 0. The Bertz CT molecular complexity index is 502. The molecule has 0 saturated carbocycles. The fourth-order valence-electron chi connectivity index (χ4n) is 3.30. The number of benzene rings is 1. The number of amides is 1. The number of nitrogens with zero attached hydrogens (tertiary/aromatic N) is 1. The van der Waals surface area contributed by atoms with E-state index in [-0.39, 0.29) is 24.4 Å². The van der Waals surface area contributed by atoms with Crippen molar-refractivity contribution >= 4 is 18.3 Å². The normalized spacial score (nSPS) is 22.5. The molecule has 1 saturated heterocycles. The van der Waals surface area contributed by atoms with Crippen LogP contribution in [0, 0.1) is 0 Å². The van der Waals surface area contributed by atoms with E-state index in [0.717, 1.165) is 45.4 Å². The van der Waals surface area contributed by atoms with Gasteiger partial charge in [-0.2, -0.15) is 0 Å². The van der Waals surface area contributed by atoms with Gasteiger partial charge in [-0.3, -0.25) is 9.69 Å². The number of fused-ring (bicyclic) bond motifs is 1. The standard InChI is InChI=1S/C17H25N3O.ClH/c1-13(11-19-17(21)16-7-4-9-18-16)20-10-8-14-5-2-3-6-15(14)12-20;/h2-3,5-6,13,16,18H,4,7-12H2,1H3,(H,19,21);1H. The van der Waals surface area contributed by atoms with Gasteiger partial charge in [0.05, 0.1) is 6.04 Å². The highest BCUT2D eigenvalue weighted by molar-refractivity contribution is 5.85. The van der Waals surface area contributed by atoms with Crippen LogP contribution < -0.4 is 10.6 Å². The van der Waals surface area contributed by atoms with E-state index in [1.54, 1.807) is 0 Å². The van der Waals surface area contributed by atoms with E-state index >= 15 is 0 Å². The fraction of sp³-hybridized carbons (Fsp3) is 0.588. The van der Waals surface area contributed by atoms with Crippen LogP contribution in [0.5, 0.6) is 0 Å². The first-order valence-corrected chi connectivity index (χ1v) is 8.06. The number of carbonyl (C=O) groups excluding carboxylic acids is 1. The first kappa shape index (κ1) is 17.3. The maximum absolute atomic E-state index is 12.0. The molecule has 0 spiro atoms. The second kappa shape index (κ2) is 7.95. The molecule has 3 rings (SSSR count). The molecule has 2 aliphatic heterocycles. The van der Waals surface area contributed by atoms with Crippen molar-refractivity contribution in [2.75, 3.05) is 19.6 Å². The van der Waals surface area contributed by atoms with Crippen LogP contribution in [0.3, 0.4) is 0 Å². The van der Waals surface area contributed by atoms with Crippen molar-refractivity contribution in [3.05, 3.63) is 35.4 Å². The Kier molecular flexibility index (Phi) is 6.24. The molecule has 2 N–H and O–H groups in total. The lowest BCUT2D eigenvalue weighted by Gasteiger charge is -2.34. The van der Waals surface area contributed by atoms with Crippen molar-refractivity contribution in [1.29, 1.82) is 0 Å². The van der Waals surface area contributed by atoms with E-state index in [9.17, 15) is 4.79 Å². The predicted molar refractivity (Wildman–Crippen MR) is 91.3 cm³/mol. The first-order valence-electron chi connectivity index (χ1n) is 8.06. The van der Waals surface area contributed by atoms with Crippen LogP contribution in [0.25, 0.3) is 0 Å². The van der Waals surface area contributed by atoms with Crippen molar-refractivity contribution in [2.24, 2.45) is 0 Å². The van der Waals surface area contributed by atoms with Crippen LogP contribution in [-0.4, -0.2) is 42.5 Å². The molecule has 4 nitrogen and oxygen atoms in total. The van der Waals surface area contributed by atoms with Gasteiger partial charge in [-0.25, -0.2) is 0 Å². The minimum Gasteiger partial charge on any atom is -0.353 e. The number of hydrogen-bond acceptors (Lipinski definition) is 3. The van der Waals surface area contributed by atoms with Crippen molar-refractivity contribution in [3.63, 3.8) is 0 Å². The number of halogens is 1. The highest BCUT2D eigenvalue weighted by Crippen LogP contribution is 2.20. The molecule has 122 valence electrons. The molecule has 1 amide bonds. The summed E-state index contributed by atoms with van der Waals surface area (Å²) < 4.78 is 0. The molecule has 5 heteroatoms. The molecule has 2 atom stereocenters. The van der Waals surface area contributed by atoms with E-state index in [2.05, 4.69) is 46.7 Å². The second-order valence-corrected chi connectivity index (χ2v) is 6.23. The van der Waals surface area contributed by atoms with Gasteiger partial charge in [0.25, 0.3) is 0 Å². The van der Waals surface area contributed by atoms with Gasteiger partial charge in [0.15, 0.2) is 0 Å². The monoisotopic (exact) mass is 323 g/mol. The van der Waals surface area contributed by atoms with Gasteiger partial charge in [0.2, 0.25) is 5.91 Å². The fourth-order valence-corrected chi connectivity index (χ4v) is 3.30. The summed E-state index contributed by atoms with van der Waals surface area (Å²) in [4.78, 5) is 14.5. The maximum atomic E-state index is 12.0. The average molecular weight is 324 g/mol. The Morgan fingerprint density at radius 2 is 2.18 bits per heavy atom. The number of carbonyl (C=O) groups is 1. The van der Waals surface area contributed by atoms with Gasteiger partial charge in [0, 0.05) is 25.7 Å². The highest BCUT2D eigenvalue weighted by atomic mass is 35.5. The SMILES string of the molecule is CC(CNC(=O)C1CCCN1)N1CCc2ccccc2C1.Cl. The minimum atomic E-state index is 0. The van der Waals surface area contributed by atoms with Crippen molar-refractivity contribution < 1.29 is 4.79 Å². The largest absolute Gasteiger partial charge is 0.353 e. The molecule has 0 aliphatic carbocycles. The Balaban J connectivity index is 0.00000176. The zero-order chi connectivity index (χ0) is 14.7. The Hall–Kier alpha value is -1.10. The third-order valence-corrected chi connectivity index (χ3v) is 4.73. The maximum Gasteiger partial charge on any atom is 0.237 e. The lowest BCUT2D eigenvalue weighted by atomic mass is 9.99. The molecular formula is C17H26ClN3O.